The van der Waals surface area contributed by atoms with Gasteiger partial charge in [-0.15, -0.1) is 0 Å². The minimum absolute atomic E-state index is 0.162. The molecule has 2 aromatic heterocycles. The van der Waals surface area contributed by atoms with Gasteiger partial charge in [-0.3, -0.25) is 14.5 Å². The molecule has 2 aromatic rings. The van der Waals surface area contributed by atoms with Gasteiger partial charge in [0.25, 0.3) is 5.91 Å². The molecule has 1 aliphatic carbocycles. The first kappa shape index (κ1) is 19.4. The SMILES string of the molecule is CCn1nc(C(C)C)cc1C(=O)N[C@@H](c1cncc(OC)c1)C1CC(O)C1. The number of nitrogens with one attached hydrogen (secondary N) is 1. The Bertz CT molecular complexity index is 796. The van der Waals surface area contributed by atoms with Crippen molar-refractivity contribution in [1.82, 2.24) is 20.1 Å². The Morgan fingerprint density at radius 1 is 1.37 bits per heavy atom. The molecular weight excluding hydrogens is 344 g/mol. The van der Waals surface area contributed by atoms with Crippen molar-refractivity contribution in [3.63, 3.8) is 0 Å². The maximum Gasteiger partial charge on any atom is 0.270 e. The third-order valence-electron chi connectivity index (χ3n) is 5.16. The van der Waals surface area contributed by atoms with E-state index >= 15 is 0 Å². The summed E-state index contributed by atoms with van der Waals surface area (Å²) in [5, 5.41) is 17.4. The number of carbonyl (C=O) groups is 1. The van der Waals surface area contributed by atoms with Crippen molar-refractivity contribution in [2.45, 2.75) is 58.2 Å². The molecule has 1 amide bonds. The van der Waals surface area contributed by atoms with E-state index in [0.717, 1.165) is 11.3 Å². The molecule has 0 bridgehead atoms. The van der Waals surface area contributed by atoms with Crippen LogP contribution in [0.25, 0.3) is 0 Å². The van der Waals surface area contributed by atoms with Gasteiger partial charge in [0.05, 0.1) is 31.1 Å². The molecule has 3 rings (SSSR count). The number of aliphatic hydroxyl groups is 1. The first-order valence-corrected chi connectivity index (χ1v) is 9.48. The zero-order chi connectivity index (χ0) is 19.6. The molecule has 1 saturated carbocycles. The second kappa shape index (κ2) is 8.08. The summed E-state index contributed by atoms with van der Waals surface area (Å²) >= 11 is 0. The van der Waals surface area contributed by atoms with Crippen molar-refractivity contribution in [2.24, 2.45) is 5.92 Å². The molecule has 0 aliphatic heterocycles. The number of pyridine rings is 1. The van der Waals surface area contributed by atoms with Crippen LogP contribution in [0.4, 0.5) is 0 Å². The summed E-state index contributed by atoms with van der Waals surface area (Å²) in [6, 6.07) is 3.52. The third-order valence-corrected chi connectivity index (χ3v) is 5.16. The van der Waals surface area contributed by atoms with E-state index in [1.54, 1.807) is 24.2 Å². The van der Waals surface area contributed by atoms with Gasteiger partial charge in [-0.25, -0.2) is 0 Å². The summed E-state index contributed by atoms with van der Waals surface area (Å²) in [5.74, 6) is 0.905. The maximum atomic E-state index is 13.0. The van der Waals surface area contributed by atoms with E-state index in [9.17, 15) is 9.90 Å². The molecule has 2 heterocycles. The number of rotatable bonds is 7. The van der Waals surface area contributed by atoms with E-state index in [-0.39, 0.29) is 29.9 Å². The minimum atomic E-state index is -0.304. The van der Waals surface area contributed by atoms with Crippen molar-refractivity contribution >= 4 is 5.91 Å². The fraction of sp³-hybridized carbons (Fsp3) is 0.550. The Labute approximate surface area is 159 Å². The van der Waals surface area contributed by atoms with Crippen molar-refractivity contribution in [3.8, 4) is 5.75 Å². The predicted molar refractivity (Wildman–Crippen MR) is 102 cm³/mol. The smallest absolute Gasteiger partial charge is 0.270 e. The number of methoxy groups -OCH3 is 1. The van der Waals surface area contributed by atoms with Gasteiger partial charge in [-0.05, 0) is 49.3 Å². The number of nitrogens with zero attached hydrogens (tertiary/aromatic N) is 3. The van der Waals surface area contributed by atoms with Crippen molar-refractivity contribution in [2.75, 3.05) is 7.11 Å². The molecule has 7 nitrogen and oxygen atoms in total. The number of ether oxygens (including phenoxy) is 1. The lowest BCUT2D eigenvalue weighted by Gasteiger charge is -2.38. The fourth-order valence-corrected chi connectivity index (χ4v) is 3.45. The zero-order valence-electron chi connectivity index (χ0n) is 16.3. The lowest BCUT2D eigenvalue weighted by atomic mass is 9.75. The minimum Gasteiger partial charge on any atom is -0.495 e. The van der Waals surface area contributed by atoms with Crippen LogP contribution in [0.15, 0.2) is 24.5 Å². The normalized spacial score (nSPS) is 20.2. The van der Waals surface area contributed by atoms with Crippen LogP contribution in [0.5, 0.6) is 5.75 Å². The second-order valence-electron chi connectivity index (χ2n) is 7.42. The van der Waals surface area contributed by atoms with Crippen LogP contribution >= 0.6 is 0 Å². The predicted octanol–water partition coefficient (Wildman–Crippen LogP) is 2.67. The Kier molecular flexibility index (Phi) is 5.79. The monoisotopic (exact) mass is 372 g/mol. The standard InChI is InChI=1S/C20H28N4O3/c1-5-24-18(9-17(23-24)12(2)3)20(26)22-19(13-6-15(25)7-13)14-8-16(27-4)11-21-10-14/h8-13,15,19,25H,5-7H2,1-4H3,(H,22,26)/t13?,15?,19-/m1/s1. The lowest BCUT2D eigenvalue weighted by molar-refractivity contribution is 0.0233. The number of amides is 1. The second-order valence-corrected chi connectivity index (χ2v) is 7.42. The average molecular weight is 372 g/mol. The van der Waals surface area contributed by atoms with Crippen molar-refractivity contribution in [1.29, 1.82) is 0 Å². The van der Waals surface area contributed by atoms with Gasteiger partial charge < -0.3 is 15.2 Å². The van der Waals surface area contributed by atoms with Crippen LogP contribution < -0.4 is 10.1 Å². The van der Waals surface area contributed by atoms with Crippen LogP contribution in [0.1, 0.15) is 67.3 Å². The van der Waals surface area contributed by atoms with Gasteiger partial charge >= 0.3 is 0 Å². The summed E-state index contributed by atoms with van der Waals surface area (Å²) in [6.45, 7) is 6.72. The molecule has 146 valence electrons. The molecule has 0 saturated heterocycles. The van der Waals surface area contributed by atoms with E-state index < -0.39 is 0 Å². The quantitative estimate of drug-likeness (QED) is 0.780. The number of hydrogen-bond donors (Lipinski definition) is 2. The molecule has 0 unspecified atom stereocenters. The highest BCUT2D eigenvalue weighted by molar-refractivity contribution is 5.93. The highest BCUT2D eigenvalue weighted by Crippen LogP contribution is 2.38. The Hall–Kier alpha value is -2.41. The van der Waals surface area contributed by atoms with E-state index in [4.69, 9.17) is 4.74 Å². The Balaban J connectivity index is 1.87. The van der Waals surface area contributed by atoms with Crippen molar-refractivity contribution < 1.29 is 14.6 Å². The molecule has 0 spiro atoms. The molecule has 27 heavy (non-hydrogen) atoms. The van der Waals surface area contributed by atoms with E-state index in [1.807, 2.05) is 19.1 Å². The summed E-state index contributed by atoms with van der Waals surface area (Å²) in [5.41, 5.74) is 2.34. The lowest BCUT2D eigenvalue weighted by Crippen LogP contribution is -2.42. The van der Waals surface area contributed by atoms with E-state index in [0.29, 0.717) is 30.8 Å². The summed E-state index contributed by atoms with van der Waals surface area (Å²) in [4.78, 5) is 17.3. The van der Waals surface area contributed by atoms with Crippen LogP contribution in [0.3, 0.4) is 0 Å². The van der Waals surface area contributed by atoms with E-state index in [1.165, 1.54) is 0 Å². The van der Waals surface area contributed by atoms with Gasteiger partial charge in [0, 0.05) is 12.7 Å². The molecular formula is C20H28N4O3. The fourth-order valence-electron chi connectivity index (χ4n) is 3.45. The number of aryl methyl sites for hydroxylation is 1. The molecule has 1 atom stereocenters. The van der Waals surface area contributed by atoms with Gasteiger partial charge in [-0.1, -0.05) is 13.8 Å². The van der Waals surface area contributed by atoms with Gasteiger partial charge in [0.1, 0.15) is 11.4 Å². The number of carbonyl (C=O) groups excluding carboxylic acids is 1. The molecule has 2 N–H and O–H groups in total. The van der Waals surface area contributed by atoms with Crippen LogP contribution in [-0.4, -0.2) is 39.0 Å². The third kappa shape index (κ3) is 4.13. The summed E-state index contributed by atoms with van der Waals surface area (Å²) < 4.78 is 7.01. The number of hydrogen-bond acceptors (Lipinski definition) is 5. The maximum absolute atomic E-state index is 13.0. The largest absolute Gasteiger partial charge is 0.495 e. The first-order valence-electron chi connectivity index (χ1n) is 9.48. The summed E-state index contributed by atoms with van der Waals surface area (Å²) in [6.07, 6.45) is 4.40. The topological polar surface area (TPSA) is 89.3 Å². The van der Waals surface area contributed by atoms with Gasteiger partial charge in [0.2, 0.25) is 0 Å². The molecule has 1 fully saturated rings. The van der Waals surface area contributed by atoms with Gasteiger partial charge in [-0.2, -0.15) is 5.10 Å². The Morgan fingerprint density at radius 3 is 2.70 bits per heavy atom. The molecule has 0 radical (unpaired) electrons. The van der Waals surface area contributed by atoms with E-state index in [2.05, 4.69) is 29.2 Å². The van der Waals surface area contributed by atoms with Crippen molar-refractivity contribution in [3.05, 3.63) is 41.5 Å². The highest BCUT2D eigenvalue weighted by atomic mass is 16.5. The van der Waals surface area contributed by atoms with Crippen LogP contribution in [0, 0.1) is 5.92 Å². The van der Waals surface area contributed by atoms with Crippen LogP contribution in [-0.2, 0) is 6.54 Å². The average Bonchev–Trinajstić information content (AvgIpc) is 3.08. The first-order chi connectivity index (χ1) is 12.9. The molecule has 0 aromatic carbocycles. The Morgan fingerprint density at radius 2 is 2.11 bits per heavy atom. The molecule has 1 aliphatic rings. The molecule has 7 heteroatoms. The highest BCUT2D eigenvalue weighted by Gasteiger charge is 2.36. The number of aliphatic hydroxyl groups excluding tert-OH is 1. The van der Waals surface area contributed by atoms with Crippen LogP contribution in [0.2, 0.25) is 0 Å². The summed E-state index contributed by atoms with van der Waals surface area (Å²) in [7, 11) is 1.59. The van der Waals surface area contributed by atoms with Gasteiger partial charge in [0.15, 0.2) is 0 Å². The zero-order valence-corrected chi connectivity index (χ0v) is 16.3. The number of aromatic nitrogens is 3.